The number of aromatic nitrogens is 2. The zero-order valence-corrected chi connectivity index (χ0v) is 12.9. The normalized spacial score (nSPS) is 21.6. The van der Waals surface area contributed by atoms with Gasteiger partial charge in [0.05, 0.1) is 25.4 Å². The molecule has 2 aliphatic heterocycles. The highest BCUT2D eigenvalue weighted by molar-refractivity contribution is 5.82. The predicted molar refractivity (Wildman–Crippen MR) is 78.5 cm³/mol. The standard InChI is InChI=1S/C15H22N4O3/c1-2-5-14(20)17-10-12-6-7-16-19(12)13(11-17)15(21)18-8-3-4-9-22-18/h6-7,13H,2-5,8-11H2,1H3. The van der Waals surface area contributed by atoms with E-state index in [-0.39, 0.29) is 11.8 Å². The number of hydrogen-bond donors (Lipinski definition) is 0. The van der Waals surface area contributed by atoms with E-state index in [1.54, 1.807) is 15.8 Å². The van der Waals surface area contributed by atoms with Gasteiger partial charge in [-0.2, -0.15) is 5.10 Å². The molecule has 7 nitrogen and oxygen atoms in total. The molecule has 1 atom stereocenters. The molecule has 1 aromatic rings. The van der Waals surface area contributed by atoms with Gasteiger partial charge in [-0.05, 0) is 25.3 Å². The van der Waals surface area contributed by atoms with Crippen molar-refractivity contribution in [2.24, 2.45) is 0 Å². The quantitative estimate of drug-likeness (QED) is 0.839. The second-order valence-corrected chi connectivity index (χ2v) is 5.79. The molecule has 1 unspecified atom stereocenters. The Kier molecular flexibility index (Phi) is 4.42. The van der Waals surface area contributed by atoms with Crippen LogP contribution < -0.4 is 0 Å². The van der Waals surface area contributed by atoms with E-state index in [0.29, 0.717) is 32.7 Å². The maximum absolute atomic E-state index is 12.7. The summed E-state index contributed by atoms with van der Waals surface area (Å²) in [7, 11) is 0. The number of amides is 2. The van der Waals surface area contributed by atoms with Crippen molar-refractivity contribution in [3.8, 4) is 0 Å². The molecule has 0 radical (unpaired) electrons. The lowest BCUT2D eigenvalue weighted by molar-refractivity contribution is -0.201. The molecule has 1 fully saturated rings. The molecule has 7 heteroatoms. The van der Waals surface area contributed by atoms with Gasteiger partial charge in [0.25, 0.3) is 5.91 Å². The first-order chi connectivity index (χ1) is 10.7. The van der Waals surface area contributed by atoms with Gasteiger partial charge in [0, 0.05) is 19.2 Å². The summed E-state index contributed by atoms with van der Waals surface area (Å²) >= 11 is 0. The minimum Gasteiger partial charge on any atom is -0.334 e. The minimum atomic E-state index is -0.488. The summed E-state index contributed by atoms with van der Waals surface area (Å²) < 4.78 is 1.73. The van der Waals surface area contributed by atoms with Crippen molar-refractivity contribution < 1.29 is 14.4 Å². The van der Waals surface area contributed by atoms with Crippen LogP contribution in [0.3, 0.4) is 0 Å². The molecule has 0 bridgehead atoms. The Bertz CT molecular complexity index is 551. The lowest BCUT2D eigenvalue weighted by atomic mass is 10.1. The maximum Gasteiger partial charge on any atom is 0.272 e. The Balaban J connectivity index is 1.80. The molecule has 0 spiro atoms. The number of hydroxylamine groups is 2. The average Bonchev–Trinajstić information content (AvgIpc) is 3.02. The van der Waals surface area contributed by atoms with E-state index in [9.17, 15) is 9.59 Å². The SMILES string of the molecule is CCCC(=O)N1Cc2ccnn2C(C(=O)N2CCCCO2)C1. The Morgan fingerprint density at radius 3 is 3.00 bits per heavy atom. The molecule has 2 aliphatic rings. The Morgan fingerprint density at radius 1 is 1.41 bits per heavy atom. The molecular weight excluding hydrogens is 284 g/mol. The summed E-state index contributed by atoms with van der Waals surface area (Å²) in [4.78, 5) is 32.2. The van der Waals surface area contributed by atoms with Gasteiger partial charge in [-0.25, -0.2) is 5.06 Å². The van der Waals surface area contributed by atoms with E-state index in [4.69, 9.17) is 4.84 Å². The van der Waals surface area contributed by atoms with Crippen LogP contribution in [0, 0.1) is 0 Å². The maximum atomic E-state index is 12.7. The van der Waals surface area contributed by atoms with Crippen LogP contribution in [0.4, 0.5) is 0 Å². The predicted octanol–water partition coefficient (Wildman–Crippen LogP) is 1.12. The topological polar surface area (TPSA) is 67.7 Å². The van der Waals surface area contributed by atoms with E-state index in [2.05, 4.69) is 5.10 Å². The van der Waals surface area contributed by atoms with Crippen LogP contribution in [0.2, 0.25) is 0 Å². The zero-order chi connectivity index (χ0) is 15.5. The number of rotatable bonds is 3. The van der Waals surface area contributed by atoms with Gasteiger partial charge in [0.2, 0.25) is 5.91 Å². The van der Waals surface area contributed by atoms with Crippen LogP contribution in [-0.2, 0) is 21.0 Å². The number of carbonyl (C=O) groups excluding carboxylic acids is 2. The molecule has 1 aromatic heterocycles. The van der Waals surface area contributed by atoms with Crippen molar-refractivity contribution in [1.82, 2.24) is 19.7 Å². The fourth-order valence-electron chi connectivity index (χ4n) is 2.98. The van der Waals surface area contributed by atoms with Crippen LogP contribution in [0.5, 0.6) is 0 Å². The van der Waals surface area contributed by atoms with E-state index >= 15 is 0 Å². The molecule has 0 aromatic carbocycles. The number of fused-ring (bicyclic) bond motifs is 1. The molecule has 0 aliphatic carbocycles. The highest BCUT2D eigenvalue weighted by Crippen LogP contribution is 2.24. The number of hydrogen-bond acceptors (Lipinski definition) is 4. The molecule has 1 saturated heterocycles. The van der Waals surface area contributed by atoms with Gasteiger partial charge in [0.15, 0.2) is 6.04 Å². The van der Waals surface area contributed by atoms with Gasteiger partial charge in [-0.15, -0.1) is 0 Å². The molecular formula is C15H22N4O3. The second-order valence-electron chi connectivity index (χ2n) is 5.79. The van der Waals surface area contributed by atoms with E-state index in [1.807, 2.05) is 13.0 Å². The van der Waals surface area contributed by atoms with Gasteiger partial charge in [0.1, 0.15) is 0 Å². The van der Waals surface area contributed by atoms with Crippen LogP contribution in [0.1, 0.15) is 44.3 Å². The highest BCUT2D eigenvalue weighted by Gasteiger charge is 2.36. The zero-order valence-electron chi connectivity index (χ0n) is 12.9. The molecule has 120 valence electrons. The van der Waals surface area contributed by atoms with E-state index < -0.39 is 6.04 Å². The molecule has 0 saturated carbocycles. The first-order valence-corrected chi connectivity index (χ1v) is 7.95. The van der Waals surface area contributed by atoms with Crippen molar-refractivity contribution in [2.45, 2.75) is 45.2 Å². The van der Waals surface area contributed by atoms with E-state index in [1.165, 1.54) is 5.06 Å². The molecule has 3 rings (SSSR count). The second kappa shape index (κ2) is 6.48. The smallest absolute Gasteiger partial charge is 0.272 e. The molecule has 3 heterocycles. The van der Waals surface area contributed by atoms with Gasteiger partial charge < -0.3 is 4.90 Å². The van der Waals surface area contributed by atoms with Gasteiger partial charge in [-0.1, -0.05) is 6.92 Å². The monoisotopic (exact) mass is 306 g/mol. The summed E-state index contributed by atoms with van der Waals surface area (Å²) in [6.07, 6.45) is 4.92. The third-order valence-corrected chi connectivity index (χ3v) is 4.14. The Morgan fingerprint density at radius 2 is 2.27 bits per heavy atom. The number of carbonyl (C=O) groups is 2. The summed E-state index contributed by atoms with van der Waals surface area (Å²) in [6, 6.07) is 1.38. The first-order valence-electron chi connectivity index (χ1n) is 7.95. The van der Waals surface area contributed by atoms with Crippen LogP contribution in [0.15, 0.2) is 12.3 Å². The largest absolute Gasteiger partial charge is 0.334 e. The fraction of sp³-hybridized carbons (Fsp3) is 0.667. The molecule has 0 N–H and O–H groups in total. The number of nitrogens with zero attached hydrogens (tertiary/aromatic N) is 4. The van der Waals surface area contributed by atoms with Gasteiger partial charge in [-0.3, -0.25) is 19.1 Å². The highest BCUT2D eigenvalue weighted by atomic mass is 16.7. The van der Waals surface area contributed by atoms with Crippen molar-refractivity contribution in [3.05, 3.63) is 18.0 Å². The van der Waals surface area contributed by atoms with Crippen molar-refractivity contribution >= 4 is 11.8 Å². The fourth-order valence-corrected chi connectivity index (χ4v) is 2.98. The lowest BCUT2D eigenvalue weighted by Gasteiger charge is -2.36. The minimum absolute atomic E-state index is 0.0901. The molecule has 22 heavy (non-hydrogen) atoms. The van der Waals surface area contributed by atoms with Crippen LogP contribution in [-0.4, -0.2) is 51.3 Å². The summed E-state index contributed by atoms with van der Waals surface area (Å²) in [5, 5.41) is 5.71. The first kappa shape index (κ1) is 15.0. The van der Waals surface area contributed by atoms with Gasteiger partial charge >= 0.3 is 0 Å². The van der Waals surface area contributed by atoms with E-state index in [0.717, 1.165) is 25.0 Å². The summed E-state index contributed by atoms with van der Waals surface area (Å²) in [5.74, 6) is -0.0223. The third-order valence-electron chi connectivity index (χ3n) is 4.14. The van der Waals surface area contributed by atoms with Crippen molar-refractivity contribution in [1.29, 1.82) is 0 Å². The Hall–Kier alpha value is -1.89. The summed E-state index contributed by atoms with van der Waals surface area (Å²) in [6.45, 7) is 4.05. The lowest BCUT2D eigenvalue weighted by Crippen LogP contribution is -2.49. The third kappa shape index (κ3) is 2.85. The molecule has 2 amide bonds. The van der Waals surface area contributed by atoms with Crippen LogP contribution in [0.25, 0.3) is 0 Å². The summed E-state index contributed by atoms with van der Waals surface area (Å²) in [5.41, 5.74) is 0.895. The Labute approximate surface area is 129 Å². The average molecular weight is 306 g/mol. The van der Waals surface area contributed by atoms with Crippen molar-refractivity contribution in [3.63, 3.8) is 0 Å². The van der Waals surface area contributed by atoms with Crippen molar-refractivity contribution in [2.75, 3.05) is 19.7 Å². The van der Waals surface area contributed by atoms with Crippen LogP contribution >= 0.6 is 0 Å².